The van der Waals surface area contributed by atoms with E-state index in [2.05, 4.69) is 12.1 Å². The lowest BCUT2D eigenvalue weighted by Gasteiger charge is -2.05. The van der Waals surface area contributed by atoms with Crippen LogP contribution in [-0.4, -0.2) is 12.0 Å². The van der Waals surface area contributed by atoms with Crippen LogP contribution in [0.3, 0.4) is 0 Å². The molecule has 2 heteroatoms. The summed E-state index contributed by atoms with van der Waals surface area (Å²) >= 11 is 1.67. The predicted molar refractivity (Wildman–Crippen MR) is 93.5 cm³/mol. The molecular weight excluding hydrogens is 288 g/mol. The Morgan fingerprint density at radius 3 is 1.73 bits per heavy atom. The topological polar surface area (TPSA) is 17.1 Å². The second kappa shape index (κ2) is 6.63. The Hall–Kier alpha value is -2.32. The second-order valence-electron chi connectivity index (χ2n) is 5.00. The minimum atomic E-state index is 0.0623. The molecule has 0 aromatic heterocycles. The van der Waals surface area contributed by atoms with Gasteiger partial charge in [0, 0.05) is 16.0 Å². The summed E-state index contributed by atoms with van der Waals surface area (Å²) in [7, 11) is 0. The summed E-state index contributed by atoms with van der Waals surface area (Å²) in [5.74, 6) is 0.0623. The van der Waals surface area contributed by atoms with Gasteiger partial charge in [0.25, 0.3) is 0 Å². The van der Waals surface area contributed by atoms with Crippen molar-refractivity contribution in [3.05, 3.63) is 90.0 Å². The maximum atomic E-state index is 12.5. The highest BCUT2D eigenvalue weighted by Crippen LogP contribution is 2.21. The number of ketones is 1. The van der Waals surface area contributed by atoms with Gasteiger partial charge in [0.05, 0.1) is 0 Å². The maximum absolute atomic E-state index is 12.5. The van der Waals surface area contributed by atoms with Crippen LogP contribution in [0.5, 0.6) is 0 Å². The molecule has 0 aliphatic rings. The molecule has 108 valence electrons. The third-order valence-corrected chi connectivity index (χ3v) is 4.35. The van der Waals surface area contributed by atoms with Crippen molar-refractivity contribution >= 4 is 17.5 Å². The lowest BCUT2D eigenvalue weighted by molar-refractivity contribution is 0.103. The highest BCUT2D eigenvalue weighted by molar-refractivity contribution is 7.98. The molecular formula is C20H16OS. The zero-order valence-electron chi connectivity index (χ0n) is 12.3. The van der Waals surface area contributed by atoms with E-state index in [-0.39, 0.29) is 5.78 Å². The van der Waals surface area contributed by atoms with Crippen molar-refractivity contribution in [2.24, 2.45) is 0 Å². The number of thioether (sulfide) groups is 1. The molecule has 0 saturated carbocycles. The molecule has 1 nitrogen and oxygen atoms in total. The van der Waals surface area contributed by atoms with Gasteiger partial charge in [-0.3, -0.25) is 4.79 Å². The highest BCUT2D eigenvalue weighted by atomic mass is 32.2. The van der Waals surface area contributed by atoms with Crippen molar-refractivity contribution in [3.63, 3.8) is 0 Å². The molecule has 0 spiro atoms. The second-order valence-corrected chi connectivity index (χ2v) is 5.88. The van der Waals surface area contributed by atoms with Crippen molar-refractivity contribution in [2.45, 2.75) is 4.90 Å². The summed E-state index contributed by atoms with van der Waals surface area (Å²) in [5, 5.41) is 0. The Labute approximate surface area is 135 Å². The maximum Gasteiger partial charge on any atom is 0.193 e. The smallest absolute Gasteiger partial charge is 0.193 e. The standard InChI is InChI=1S/C20H16OS/c1-22-19-13-11-18(12-14-19)20(21)17-9-7-16(8-10-17)15-5-3-2-4-6-15/h2-14H,1H3. The monoisotopic (exact) mass is 304 g/mol. The summed E-state index contributed by atoms with van der Waals surface area (Å²) in [6.07, 6.45) is 2.03. The quantitative estimate of drug-likeness (QED) is 0.480. The van der Waals surface area contributed by atoms with Crippen molar-refractivity contribution in [1.82, 2.24) is 0 Å². The average Bonchev–Trinajstić information content (AvgIpc) is 2.62. The Balaban J connectivity index is 1.84. The van der Waals surface area contributed by atoms with Gasteiger partial charge in [-0.15, -0.1) is 11.8 Å². The summed E-state index contributed by atoms with van der Waals surface area (Å²) in [6, 6.07) is 25.7. The SMILES string of the molecule is CSc1ccc(C(=O)c2ccc(-c3ccccc3)cc2)cc1. The number of carbonyl (C=O) groups excluding carboxylic acids is 1. The van der Waals surface area contributed by atoms with E-state index in [1.165, 1.54) is 0 Å². The van der Waals surface area contributed by atoms with Crippen molar-refractivity contribution in [3.8, 4) is 11.1 Å². The average molecular weight is 304 g/mol. The van der Waals surface area contributed by atoms with Crippen LogP contribution in [-0.2, 0) is 0 Å². The third-order valence-electron chi connectivity index (χ3n) is 3.61. The van der Waals surface area contributed by atoms with Crippen LogP contribution in [0.2, 0.25) is 0 Å². The van der Waals surface area contributed by atoms with Crippen LogP contribution in [0.15, 0.2) is 83.8 Å². The Bertz CT molecular complexity index is 759. The van der Waals surface area contributed by atoms with E-state index >= 15 is 0 Å². The van der Waals surface area contributed by atoms with Crippen LogP contribution >= 0.6 is 11.8 Å². The molecule has 22 heavy (non-hydrogen) atoms. The van der Waals surface area contributed by atoms with Crippen LogP contribution in [0.4, 0.5) is 0 Å². The van der Waals surface area contributed by atoms with Gasteiger partial charge in [-0.1, -0.05) is 54.6 Å². The zero-order valence-corrected chi connectivity index (χ0v) is 13.1. The van der Waals surface area contributed by atoms with E-state index in [1.54, 1.807) is 11.8 Å². The molecule has 0 unspecified atom stereocenters. The highest BCUT2D eigenvalue weighted by Gasteiger charge is 2.09. The van der Waals surface area contributed by atoms with Gasteiger partial charge < -0.3 is 0 Å². The molecule has 0 radical (unpaired) electrons. The lowest BCUT2D eigenvalue weighted by Crippen LogP contribution is -2.00. The molecule has 0 N–H and O–H groups in total. The Morgan fingerprint density at radius 1 is 0.682 bits per heavy atom. The van der Waals surface area contributed by atoms with Gasteiger partial charge in [-0.05, 0) is 41.6 Å². The molecule has 0 aliphatic heterocycles. The molecule has 0 aliphatic carbocycles. The van der Waals surface area contributed by atoms with E-state index in [0.717, 1.165) is 27.1 Å². The fourth-order valence-electron chi connectivity index (χ4n) is 2.35. The fraction of sp³-hybridized carbons (Fsp3) is 0.0500. The number of hydrogen-bond donors (Lipinski definition) is 0. The van der Waals surface area contributed by atoms with Gasteiger partial charge in [-0.2, -0.15) is 0 Å². The first-order valence-electron chi connectivity index (χ1n) is 7.12. The predicted octanol–water partition coefficient (Wildman–Crippen LogP) is 5.31. The van der Waals surface area contributed by atoms with E-state index in [1.807, 2.05) is 73.0 Å². The van der Waals surface area contributed by atoms with Crippen molar-refractivity contribution in [1.29, 1.82) is 0 Å². The van der Waals surface area contributed by atoms with E-state index in [0.29, 0.717) is 0 Å². The summed E-state index contributed by atoms with van der Waals surface area (Å²) < 4.78 is 0. The lowest BCUT2D eigenvalue weighted by atomic mass is 9.99. The largest absolute Gasteiger partial charge is 0.289 e. The summed E-state index contributed by atoms with van der Waals surface area (Å²) in [6.45, 7) is 0. The van der Waals surface area contributed by atoms with Gasteiger partial charge in [0.1, 0.15) is 0 Å². The zero-order chi connectivity index (χ0) is 15.4. The molecule has 0 amide bonds. The number of benzene rings is 3. The number of rotatable bonds is 4. The molecule has 0 fully saturated rings. The minimum absolute atomic E-state index is 0.0623. The molecule has 0 atom stereocenters. The van der Waals surface area contributed by atoms with E-state index < -0.39 is 0 Å². The molecule has 0 bridgehead atoms. The molecule has 3 aromatic rings. The number of hydrogen-bond acceptors (Lipinski definition) is 2. The summed E-state index contributed by atoms with van der Waals surface area (Å²) in [5.41, 5.74) is 3.72. The molecule has 0 heterocycles. The van der Waals surface area contributed by atoms with Gasteiger partial charge in [0.15, 0.2) is 5.78 Å². The molecule has 3 rings (SSSR count). The van der Waals surface area contributed by atoms with Gasteiger partial charge in [-0.25, -0.2) is 0 Å². The first kappa shape index (κ1) is 14.6. The first-order chi connectivity index (χ1) is 10.8. The molecule has 3 aromatic carbocycles. The van der Waals surface area contributed by atoms with Crippen LogP contribution in [0, 0.1) is 0 Å². The minimum Gasteiger partial charge on any atom is -0.289 e. The van der Waals surface area contributed by atoms with Crippen LogP contribution in [0.25, 0.3) is 11.1 Å². The normalized spacial score (nSPS) is 10.4. The van der Waals surface area contributed by atoms with Gasteiger partial charge >= 0.3 is 0 Å². The third kappa shape index (κ3) is 3.12. The Morgan fingerprint density at radius 2 is 1.18 bits per heavy atom. The van der Waals surface area contributed by atoms with Crippen LogP contribution in [0.1, 0.15) is 15.9 Å². The van der Waals surface area contributed by atoms with E-state index in [4.69, 9.17) is 0 Å². The van der Waals surface area contributed by atoms with Crippen LogP contribution < -0.4 is 0 Å². The van der Waals surface area contributed by atoms with Crippen molar-refractivity contribution < 1.29 is 4.79 Å². The summed E-state index contributed by atoms with van der Waals surface area (Å²) in [4.78, 5) is 13.6. The fourth-order valence-corrected chi connectivity index (χ4v) is 2.76. The van der Waals surface area contributed by atoms with E-state index in [9.17, 15) is 4.79 Å². The molecule has 0 saturated heterocycles. The number of carbonyl (C=O) groups is 1. The Kier molecular flexibility index (Phi) is 4.40. The van der Waals surface area contributed by atoms with Gasteiger partial charge in [0.2, 0.25) is 0 Å². The first-order valence-corrected chi connectivity index (χ1v) is 8.34. The van der Waals surface area contributed by atoms with Crippen molar-refractivity contribution in [2.75, 3.05) is 6.26 Å².